The largest absolute Gasteiger partial charge is 0.507 e. The monoisotopic (exact) mass is 405 g/mol. The number of carbonyl (C=O) groups is 2. The number of benzene rings is 1. The molecule has 1 saturated heterocycles. The Morgan fingerprint density at radius 2 is 1.83 bits per heavy atom. The fourth-order valence-electron chi connectivity index (χ4n) is 3.42. The van der Waals surface area contributed by atoms with E-state index in [9.17, 15) is 14.7 Å². The van der Waals surface area contributed by atoms with E-state index in [1.54, 1.807) is 54.9 Å². The van der Waals surface area contributed by atoms with E-state index in [2.05, 4.69) is 9.97 Å². The zero-order chi connectivity index (χ0) is 20.4. The quantitative estimate of drug-likeness (QED) is 0.406. The average Bonchev–Trinajstić information content (AvgIpc) is 2.99. The first kappa shape index (κ1) is 18.8. The molecule has 3 aromatic rings. The molecule has 144 valence electrons. The second kappa shape index (κ2) is 7.85. The molecule has 0 radical (unpaired) electrons. The number of aromatic nitrogens is 2. The number of likely N-dealkylation sites (tertiary alicyclic amines) is 1. The first-order valence-corrected chi connectivity index (χ1v) is 9.27. The van der Waals surface area contributed by atoms with E-state index in [-0.39, 0.29) is 17.9 Å². The van der Waals surface area contributed by atoms with Crippen LogP contribution in [0.2, 0.25) is 5.02 Å². The van der Waals surface area contributed by atoms with Crippen LogP contribution in [0.25, 0.3) is 5.76 Å². The molecule has 1 aromatic carbocycles. The maximum Gasteiger partial charge on any atom is 0.295 e. The smallest absolute Gasteiger partial charge is 0.295 e. The van der Waals surface area contributed by atoms with E-state index in [1.807, 2.05) is 6.07 Å². The maximum atomic E-state index is 12.9. The van der Waals surface area contributed by atoms with Gasteiger partial charge < -0.3 is 10.0 Å². The fraction of sp³-hybridized carbons (Fsp3) is 0.0909. The van der Waals surface area contributed by atoms with Crippen LogP contribution in [-0.4, -0.2) is 31.7 Å². The fourth-order valence-corrected chi connectivity index (χ4v) is 3.62. The number of amides is 1. The Kier molecular flexibility index (Phi) is 5.10. The summed E-state index contributed by atoms with van der Waals surface area (Å²) in [5.41, 5.74) is 1.83. The lowest BCUT2D eigenvalue weighted by molar-refractivity contribution is -0.140. The van der Waals surface area contributed by atoms with E-state index in [0.29, 0.717) is 16.1 Å². The van der Waals surface area contributed by atoms with Crippen molar-refractivity contribution in [3.63, 3.8) is 0 Å². The Bertz CT molecular complexity index is 1100. The number of aliphatic hydroxyl groups is 1. The van der Waals surface area contributed by atoms with E-state index >= 15 is 0 Å². The minimum atomic E-state index is -0.776. The van der Waals surface area contributed by atoms with Gasteiger partial charge in [0.1, 0.15) is 5.76 Å². The maximum absolute atomic E-state index is 12.9. The van der Waals surface area contributed by atoms with Crippen LogP contribution >= 0.6 is 11.6 Å². The first-order chi connectivity index (χ1) is 14.1. The number of hydrogen-bond acceptors (Lipinski definition) is 5. The summed E-state index contributed by atoms with van der Waals surface area (Å²) in [5, 5.41) is 11.4. The van der Waals surface area contributed by atoms with Crippen LogP contribution in [0, 0.1) is 0 Å². The lowest BCUT2D eigenvalue weighted by Crippen LogP contribution is -2.29. The van der Waals surface area contributed by atoms with E-state index in [4.69, 9.17) is 11.6 Å². The number of rotatable bonds is 4. The third kappa shape index (κ3) is 3.62. The molecule has 6 nitrogen and oxygen atoms in total. The topological polar surface area (TPSA) is 83.4 Å². The van der Waals surface area contributed by atoms with Crippen molar-refractivity contribution in [3.05, 3.63) is 101 Å². The van der Waals surface area contributed by atoms with Gasteiger partial charge in [0, 0.05) is 41.9 Å². The van der Waals surface area contributed by atoms with Gasteiger partial charge in [0.15, 0.2) is 0 Å². The number of pyridine rings is 2. The van der Waals surface area contributed by atoms with Crippen molar-refractivity contribution in [1.29, 1.82) is 0 Å². The second-order valence-electron chi connectivity index (χ2n) is 6.58. The van der Waals surface area contributed by atoms with E-state index in [0.717, 1.165) is 5.56 Å². The second-order valence-corrected chi connectivity index (χ2v) is 7.02. The molecule has 1 N–H and O–H groups in total. The SMILES string of the molecule is O=C1C(=O)N(Cc2cccnc2)C(c2cccc(Cl)c2)/C1=C(\O)c1ccncc1. The van der Waals surface area contributed by atoms with Gasteiger partial charge in [-0.15, -0.1) is 0 Å². The molecule has 0 bridgehead atoms. The number of nitrogens with zero attached hydrogens (tertiary/aromatic N) is 3. The number of Topliss-reactive ketones (excluding diaryl/α,β-unsaturated/α-hetero) is 1. The molecular formula is C22H16ClN3O3. The third-order valence-corrected chi connectivity index (χ3v) is 4.97. The summed E-state index contributed by atoms with van der Waals surface area (Å²) >= 11 is 6.16. The minimum Gasteiger partial charge on any atom is -0.507 e. The molecule has 4 rings (SSSR count). The van der Waals surface area contributed by atoms with Gasteiger partial charge in [0.05, 0.1) is 11.6 Å². The molecule has 2 aromatic heterocycles. The highest BCUT2D eigenvalue weighted by Crippen LogP contribution is 2.40. The van der Waals surface area contributed by atoms with Gasteiger partial charge in [0.2, 0.25) is 0 Å². The Morgan fingerprint density at radius 3 is 2.52 bits per heavy atom. The minimum absolute atomic E-state index is 0.0207. The molecule has 0 aliphatic carbocycles. The number of halogens is 1. The number of aliphatic hydroxyl groups excluding tert-OH is 1. The summed E-state index contributed by atoms with van der Waals surface area (Å²) < 4.78 is 0. The Balaban J connectivity index is 1.87. The van der Waals surface area contributed by atoms with E-state index < -0.39 is 17.7 Å². The molecule has 3 heterocycles. The van der Waals surface area contributed by atoms with Crippen molar-refractivity contribution in [2.45, 2.75) is 12.6 Å². The van der Waals surface area contributed by atoms with Crippen molar-refractivity contribution in [3.8, 4) is 0 Å². The molecule has 0 spiro atoms. The molecule has 1 unspecified atom stereocenters. The predicted molar refractivity (Wildman–Crippen MR) is 108 cm³/mol. The molecule has 1 aliphatic heterocycles. The van der Waals surface area contributed by atoms with Crippen LogP contribution < -0.4 is 0 Å². The third-order valence-electron chi connectivity index (χ3n) is 4.73. The van der Waals surface area contributed by atoms with Crippen molar-refractivity contribution < 1.29 is 14.7 Å². The predicted octanol–water partition coefficient (Wildman–Crippen LogP) is 3.75. The summed E-state index contributed by atoms with van der Waals surface area (Å²) in [4.78, 5) is 35.2. The zero-order valence-corrected chi connectivity index (χ0v) is 16.0. The Labute approximate surface area is 172 Å². The highest BCUT2D eigenvalue weighted by atomic mass is 35.5. The summed E-state index contributed by atoms with van der Waals surface area (Å²) in [6.45, 7) is 0.169. The van der Waals surface area contributed by atoms with Crippen LogP contribution in [0.15, 0.2) is 78.9 Å². The van der Waals surface area contributed by atoms with Gasteiger partial charge in [-0.2, -0.15) is 0 Å². The van der Waals surface area contributed by atoms with Crippen molar-refractivity contribution in [2.75, 3.05) is 0 Å². The average molecular weight is 406 g/mol. The zero-order valence-electron chi connectivity index (χ0n) is 15.2. The van der Waals surface area contributed by atoms with Crippen molar-refractivity contribution >= 4 is 29.1 Å². The molecular weight excluding hydrogens is 390 g/mol. The van der Waals surface area contributed by atoms with Gasteiger partial charge in [-0.3, -0.25) is 19.6 Å². The van der Waals surface area contributed by atoms with Crippen LogP contribution in [-0.2, 0) is 16.1 Å². The van der Waals surface area contributed by atoms with Crippen LogP contribution in [0.3, 0.4) is 0 Å². The Hall–Kier alpha value is -3.51. The highest BCUT2D eigenvalue weighted by molar-refractivity contribution is 6.46. The summed E-state index contributed by atoms with van der Waals surface area (Å²) in [5.74, 6) is -1.67. The van der Waals surface area contributed by atoms with E-state index in [1.165, 1.54) is 17.3 Å². The number of hydrogen-bond donors (Lipinski definition) is 1. The summed E-state index contributed by atoms with van der Waals surface area (Å²) in [6.07, 6.45) is 6.29. The van der Waals surface area contributed by atoms with Crippen LogP contribution in [0.1, 0.15) is 22.7 Å². The van der Waals surface area contributed by atoms with Gasteiger partial charge in [0.25, 0.3) is 11.7 Å². The molecule has 7 heteroatoms. The molecule has 29 heavy (non-hydrogen) atoms. The normalized spacial score (nSPS) is 18.2. The lowest BCUT2D eigenvalue weighted by atomic mass is 9.95. The van der Waals surface area contributed by atoms with Crippen LogP contribution in [0.5, 0.6) is 0 Å². The lowest BCUT2D eigenvalue weighted by Gasteiger charge is -2.25. The van der Waals surface area contributed by atoms with Gasteiger partial charge in [-0.1, -0.05) is 29.8 Å². The molecule has 0 saturated carbocycles. The molecule has 1 amide bonds. The number of carbonyl (C=O) groups excluding carboxylic acids is 2. The van der Waals surface area contributed by atoms with Crippen LogP contribution in [0.4, 0.5) is 0 Å². The highest BCUT2D eigenvalue weighted by Gasteiger charge is 2.46. The van der Waals surface area contributed by atoms with Crippen molar-refractivity contribution in [1.82, 2.24) is 14.9 Å². The van der Waals surface area contributed by atoms with Gasteiger partial charge in [-0.25, -0.2) is 0 Å². The van der Waals surface area contributed by atoms with Crippen molar-refractivity contribution in [2.24, 2.45) is 0 Å². The summed E-state index contributed by atoms with van der Waals surface area (Å²) in [7, 11) is 0. The molecule has 1 aliphatic rings. The van der Waals surface area contributed by atoms with Gasteiger partial charge >= 0.3 is 0 Å². The van der Waals surface area contributed by atoms with Gasteiger partial charge in [-0.05, 0) is 41.5 Å². The first-order valence-electron chi connectivity index (χ1n) is 8.89. The number of ketones is 1. The standard InChI is InChI=1S/C22H16ClN3O3/c23-17-5-1-4-16(11-17)19-18(20(27)15-6-9-24-10-7-15)21(28)22(29)26(19)13-14-3-2-8-25-12-14/h1-12,19,27H,13H2/b20-18+. The summed E-state index contributed by atoms with van der Waals surface area (Å²) in [6, 6.07) is 12.9. The molecule has 1 fully saturated rings. The Morgan fingerprint density at radius 1 is 1.03 bits per heavy atom. The molecule has 1 atom stereocenters.